The highest BCUT2D eigenvalue weighted by atomic mass is 15.5. The number of aliphatic imine (C=N–C) groups is 1. The summed E-state index contributed by atoms with van der Waals surface area (Å²) < 4.78 is 0. The maximum atomic E-state index is 4.41. The van der Waals surface area contributed by atoms with Gasteiger partial charge in [-0.05, 0) is 13.0 Å². The van der Waals surface area contributed by atoms with Crippen molar-refractivity contribution in [3.05, 3.63) is 24.3 Å². The third-order valence-electron chi connectivity index (χ3n) is 2.37. The van der Waals surface area contributed by atoms with Crippen LogP contribution < -0.4 is 5.43 Å². The molecule has 2 aliphatic heterocycles. The molecule has 3 nitrogen and oxygen atoms in total. The van der Waals surface area contributed by atoms with E-state index in [1.165, 1.54) is 0 Å². The van der Waals surface area contributed by atoms with Gasteiger partial charge >= 0.3 is 0 Å². The van der Waals surface area contributed by atoms with Gasteiger partial charge in [-0.15, -0.1) is 0 Å². The summed E-state index contributed by atoms with van der Waals surface area (Å²) in [5.41, 5.74) is 4.46. The summed E-state index contributed by atoms with van der Waals surface area (Å²) in [6.07, 6.45) is 8.65. The predicted octanol–water partition coefficient (Wildman–Crippen LogP) is 0.762. The van der Waals surface area contributed by atoms with E-state index in [1.54, 1.807) is 0 Å². The van der Waals surface area contributed by atoms with Crippen molar-refractivity contribution in [3.63, 3.8) is 0 Å². The van der Waals surface area contributed by atoms with Gasteiger partial charge in [0.05, 0.1) is 12.6 Å². The lowest BCUT2D eigenvalue weighted by Crippen LogP contribution is -2.48. The summed E-state index contributed by atoms with van der Waals surface area (Å²) in [7, 11) is 0. The van der Waals surface area contributed by atoms with E-state index in [0.29, 0.717) is 6.04 Å². The second kappa shape index (κ2) is 3.85. The first kappa shape index (κ1) is 8.66. The Labute approximate surface area is 78.8 Å². The minimum atomic E-state index is 0.425. The zero-order valence-corrected chi connectivity index (χ0v) is 7.90. The van der Waals surface area contributed by atoms with Crippen molar-refractivity contribution in [1.82, 2.24) is 10.4 Å². The van der Waals surface area contributed by atoms with Crippen LogP contribution in [0.3, 0.4) is 0 Å². The molecule has 0 aliphatic carbocycles. The molecule has 2 heterocycles. The molecule has 2 aliphatic rings. The fraction of sp³-hybridized carbons (Fsp3) is 0.500. The van der Waals surface area contributed by atoms with Gasteiger partial charge in [0.2, 0.25) is 0 Å². The SMILES string of the molecule is CC1=NCC(N2CC=CCN2)C=C1. The predicted molar refractivity (Wildman–Crippen MR) is 54.8 cm³/mol. The Morgan fingerprint density at radius 2 is 2.46 bits per heavy atom. The zero-order chi connectivity index (χ0) is 9.10. The van der Waals surface area contributed by atoms with Crippen molar-refractivity contribution in [3.8, 4) is 0 Å². The van der Waals surface area contributed by atoms with Crippen LogP contribution in [0, 0.1) is 0 Å². The molecule has 0 spiro atoms. The smallest absolute Gasteiger partial charge is 0.0626 e. The van der Waals surface area contributed by atoms with E-state index in [0.717, 1.165) is 25.3 Å². The molecule has 0 saturated heterocycles. The van der Waals surface area contributed by atoms with E-state index < -0.39 is 0 Å². The van der Waals surface area contributed by atoms with Crippen molar-refractivity contribution in [2.75, 3.05) is 19.6 Å². The zero-order valence-electron chi connectivity index (χ0n) is 7.90. The Hall–Kier alpha value is -0.930. The Kier molecular flexibility index (Phi) is 2.57. The fourth-order valence-corrected chi connectivity index (χ4v) is 1.56. The highest BCUT2D eigenvalue weighted by Gasteiger charge is 2.16. The number of hydrogen-bond donors (Lipinski definition) is 1. The van der Waals surface area contributed by atoms with Gasteiger partial charge in [0.25, 0.3) is 0 Å². The van der Waals surface area contributed by atoms with E-state index in [1.807, 2.05) is 6.92 Å². The van der Waals surface area contributed by atoms with Gasteiger partial charge in [0.15, 0.2) is 0 Å². The first-order valence-electron chi connectivity index (χ1n) is 4.70. The van der Waals surface area contributed by atoms with Crippen molar-refractivity contribution >= 4 is 5.71 Å². The van der Waals surface area contributed by atoms with E-state index in [9.17, 15) is 0 Å². The van der Waals surface area contributed by atoms with E-state index in [2.05, 4.69) is 39.7 Å². The standard InChI is InChI=1S/C10H15N3/c1-9-4-5-10(8-11-9)13-7-3-2-6-12-13/h2-5,10,12H,6-8H2,1H3. The lowest BCUT2D eigenvalue weighted by Gasteiger charge is -2.31. The topological polar surface area (TPSA) is 27.6 Å². The van der Waals surface area contributed by atoms with Gasteiger partial charge in [-0.1, -0.05) is 18.2 Å². The number of rotatable bonds is 1. The van der Waals surface area contributed by atoms with Crippen LogP contribution in [0.4, 0.5) is 0 Å². The molecule has 0 radical (unpaired) electrons. The summed E-state index contributed by atoms with van der Waals surface area (Å²) in [6.45, 7) is 4.83. The van der Waals surface area contributed by atoms with Gasteiger partial charge in [0.1, 0.15) is 0 Å². The lowest BCUT2D eigenvalue weighted by molar-refractivity contribution is 0.174. The van der Waals surface area contributed by atoms with Crippen LogP contribution in [0.15, 0.2) is 29.3 Å². The van der Waals surface area contributed by atoms with Crippen LogP contribution >= 0.6 is 0 Å². The van der Waals surface area contributed by atoms with Crippen LogP contribution in [0.25, 0.3) is 0 Å². The monoisotopic (exact) mass is 177 g/mol. The summed E-state index contributed by atoms with van der Waals surface area (Å²) in [4.78, 5) is 4.41. The Bertz CT molecular complexity index is 265. The molecule has 0 bridgehead atoms. The highest BCUT2D eigenvalue weighted by Crippen LogP contribution is 2.06. The second-order valence-corrected chi connectivity index (χ2v) is 3.39. The van der Waals surface area contributed by atoms with Crippen LogP contribution in [-0.4, -0.2) is 36.4 Å². The highest BCUT2D eigenvalue weighted by molar-refractivity contribution is 5.93. The molecule has 1 atom stereocenters. The minimum absolute atomic E-state index is 0.425. The number of allylic oxidation sites excluding steroid dienone is 1. The lowest BCUT2D eigenvalue weighted by atomic mass is 10.1. The van der Waals surface area contributed by atoms with Crippen molar-refractivity contribution in [1.29, 1.82) is 0 Å². The molecule has 0 fully saturated rings. The molecule has 2 rings (SSSR count). The quantitative estimate of drug-likeness (QED) is 0.599. The van der Waals surface area contributed by atoms with Gasteiger partial charge in [-0.2, -0.15) is 0 Å². The average Bonchev–Trinajstić information content (AvgIpc) is 2.20. The van der Waals surface area contributed by atoms with Crippen molar-refractivity contribution in [2.45, 2.75) is 13.0 Å². The molecule has 0 saturated carbocycles. The molecule has 3 heteroatoms. The van der Waals surface area contributed by atoms with Gasteiger partial charge in [0, 0.05) is 18.8 Å². The second-order valence-electron chi connectivity index (χ2n) is 3.39. The van der Waals surface area contributed by atoms with E-state index >= 15 is 0 Å². The summed E-state index contributed by atoms with van der Waals surface area (Å²) in [6, 6.07) is 0.425. The van der Waals surface area contributed by atoms with Gasteiger partial charge in [-0.3, -0.25) is 10.4 Å². The molecule has 1 unspecified atom stereocenters. The molecule has 70 valence electrons. The Balaban J connectivity index is 1.96. The van der Waals surface area contributed by atoms with Crippen molar-refractivity contribution < 1.29 is 0 Å². The number of nitrogens with one attached hydrogen (secondary N) is 1. The first-order chi connectivity index (χ1) is 6.36. The molecule has 13 heavy (non-hydrogen) atoms. The number of nitrogens with zero attached hydrogens (tertiary/aromatic N) is 2. The maximum Gasteiger partial charge on any atom is 0.0626 e. The molecule has 0 aromatic rings. The van der Waals surface area contributed by atoms with Gasteiger partial charge < -0.3 is 0 Å². The fourth-order valence-electron chi connectivity index (χ4n) is 1.56. The van der Waals surface area contributed by atoms with Crippen LogP contribution in [0.2, 0.25) is 0 Å². The first-order valence-corrected chi connectivity index (χ1v) is 4.70. The van der Waals surface area contributed by atoms with Gasteiger partial charge in [-0.25, -0.2) is 5.01 Å². The molecular weight excluding hydrogens is 162 g/mol. The summed E-state index contributed by atoms with van der Waals surface area (Å²) in [5, 5.41) is 2.23. The Morgan fingerprint density at radius 1 is 1.54 bits per heavy atom. The summed E-state index contributed by atoms with van der Waals surface area (Å²) in [5.74, 6) is 0. The summed E-state index contributed by atoms with van der Waals surface area (Å²) >= 11 is 0. The average molecular weight is 177 g/mol. The molecule has 0 aromatic heterocycles. The third-order valence-corrected chi connectivity index (χ3v) is 2.37. The molecule has 0 amide bonds. The number of hydrogen-bond acceptors (Lipinski definition) is 3. The molecular formula is C10H15N3. The Morgan fingerprint density at radius 3 is 3.08 bits per heavy atom. The normalized spacial score (nSPS) is 29.0. The third kappa shape index (κ3) is 2.05. The van der Waals surface area contributed by atoms with Crippen molar-refractivity contribution in [2.24, 2.45) is 4.99 Å². The minimum Gasteiger partial charge on any atom is -0.288 e. The van der Waals surface area contributed by atoms with E-state index in [4.69, 9.17) is 0 Å². The number of dihydropyridines is 1. The van der Waals surface area contributed by atoms with Crippen LogP contribution in [-0.2, 0) is 0 Å². The number of hydrazine groups is 1. The maximum absolute atomic E-state index is 4.41. The van der Waals surface area contributed by atoms with Crippen LogP contribution in [0.5, 0.6) is 0 Å². The largest absolute Gasteiger partial charge is 0.288 e. The van der Waals surface area contributed by atoms with Crippen LogP contribution in [0.1, 0.15) is 6.92 Å². The molecule has 0 aromatic carbocycles. The van der Waals surface area contributed by atoms with E-state index in [-0.39, 0.29) is 0 Å². The molecule has 1 N–H and O–H groups in total.